The molecule has 0 spiro atoms. The Labute approximate surface area is 113 Å². The Kier molecular flexibility index (Phi) is 4.06. The van der Waals surface area contributed by atoms with Gasteiger partial charge in [0.1, 0.15) is 5.75 Å². The van der Waals surface area contributed by atoms with E-state index in [1.165, 1.54) is 0 Å². The standard InChI is InChI=1S/C15H18N2O2/c1-12(17-18)10-13-2-4-14(5-3-13)19-11-15(6-7-15)8-9-16/h2-5,18H,6-8,10-11H2,1H3/b17-12-. The molecule has 0 unspecified atom stereocenters. The Hall–Kier alpha value is -2.02. The van der Waals surface area contributed by atoms with Crippen LogP contribution in [0.25, 0.3) is 0 Å². The van der Waals surface area contributed by atoms with Gasteiger partial charge in [-0.1, -0.05) is 17.3 Å². The number of benzene rings is 1. The van der Waals surface area contributed by atoms with Gasteiger partial charge in [0.05, 0.1) is 18.4 Å². The van der Waals surface area contributed by atoms with Gasteiger partial charge in [-0.05, 0) is 37.5 Å². The molecule has 0 aromatic heterocycles. The van der Waals surface area contributed by atoms with Crippen LogP contribution in [-0.4, -0.2) is 17.5 Å². The smallest absolute Gasteiger partial charge is 0.119 e. The topological polar surface area (TPSA) is 65.6 Å². The van der Waals surface area contributed by atoms with Gasteiger partial charge in [-0.25, -0.2) is 0 Å². The first-order chi connectivity index (χ1) is 9.17. The monoisotopic (exact) mass is 258 g/mol. The fourth-order valence-electron chi connectivity index (χ4n) is 1.99. The van der Waals surface area contributed by atoms with Gasteiger partial charge in [-0.3, -0.25) is 0 Å². The number of hydrogen-bond acceptors (Lipinski definition) is 4. The Balaban J connectivity index is 1.87. The molecule has 4 heteroatoms. The van der Waals surface area contributed by atoms with E-state index in [1.54, 1.807) is 6.92 Å². The molecule has 1 saturated carbocycles. The molecule has 1 fully saturated rings. The summed E-state index contributed by atoms with van der Waals surface area (Å²) in [6, 6.07) is 10.00. The van der Waals surface area contributed by atoms with Crippen molar-refractivity contribution in [2.24, 2.45) is 10.6 Å². The second kappa shape index (κ2) is 5.75. The van der Waals surface area contributed by atoms with Crippen LogP contribution in [0.2, 0.25) is 0 Å². The highest BCUT2D eigenvalue weighted by atomic mass is 16.5. The molecule has 0 bridgehead atoms. The molecule has 0 amide bonds. The van der Waals surface area contributed by atoms with Gasteiger partial charge < -0.3 is 9.94 Å². The lowest BCUT2D eigenvalue weighted by molar-refractivity contribution is 0.237. The van der Waals surface area contributed by atoms with Gasteiger partial charge in [0.25, 0.3) is 0 Å². The maximum atomic E-state index is 8.75. The van der Waals surface area contributed by atoms with E-state index in [4.69, 9.17) is 15.2 Å². The van der Waals surface area contributed by atoms with E-state index in [-0.39, 0.29) is 5.41 Å². The number of rotatable bonds is 6. The summed E-state index contributed by atoms with van der Waals surface area (Å²) in [5, 5.41) is 20.5. The summed E-state index contributed by atoms with van der Waals surface area (Å²) in [5.41, 5.74) is 1.87. The van der Waals surface area contributed by atoms with Gasteiger partial charge in [0.2, 0.25) is 0 Å². The van der Waals surface area contributed by atoms with E-state index in [9.17, 15) is 0 Å². The van der Waals surface area contributed by atoms with Crippen LogP contribution in [0.15, 0.2) is 29.4 Å². The molecule has 0 heterocycles. The van der Waals surface area contributed by atoms with Crippen molar-refractivity contribution in [3.63, 3.8) is 0 Å². The molecule has 2 rings (SSSR count). The van der Waals surface area contributed by atoms with Gasteiger partial charge in [-0.15, -0.1) is 0 Å². The number of ether oxygens (including phenoxy) is 1. The van der Waals surface area contributed by atoms with Gasteiger partial charge >= 0.3 is 0 Å². The van der Waals surface area contributed by atoms with Crippen molar-refractivity contribution >= 4 is 5.71 Å². The zero-order valence-corrected chi connectivity index (χ0v) is 11.1. The maximum absolute atomic E-state index is 8.75. The first kappa shape index (κ1) is 13.4. The summed E-state index contributed by atoms with van der Waals surface area (Å²) < 4.78 is 5.74. The highest BCUT2D eigenvalue weighted by Crippen LogP contribution is 2.48. The third-order valence-electron chi connectivity index (χ3n) is 3.51. The van der Waals surface area contributed by atoms with Crippen molar-refractivity contribution in [2.45, 2.75) is 32.6 Å². The van der Waals surface area contributed by atoms with Crippen molar-refractivity contribution in [1.82, 2.24) is 0 Å². The van der Waals surface area contributed by atoms with E-state index >= 15 is 0 Å². The summed E-state index contributed by atoms with van der Waals surface area (Å²) in [6.45, 7) is 2.40. The second-order valence-corrected chi connectivity index (χ2v) is 5.28. The van der Waals surface area contributed by atoms with Crippen molar-refractivity contribution in [3.8, 4) is 11.8 Å². The molecule has 4 nitrogen and oxygen atoms in total. The Morgan fingerprint density at radius 2 is 2.11 bits per heavy atom. The Morgan fingerprint density at radius 3 is 2.63 bits per heavy atom. The normalized spacial score (nSPS) is 16.7. The van der Waals surface area contributed by atoms with Crippen molar-refractivity contribution in [3.05, 3.63) is 29.8 Å². The molecular weight excluding hydrogens is 240 g/mol. The summed E-state index contributed by atoms with van der Waals surface area (Å²) in [4.78, 5) is 0. The maximum Gasteiger partial charge on any atom is 0.119 e. The van der Waals surface area contributed by atoms with Crippen molar-refractivity contribution < 1.29 is 9.94 Å². The second-order valence-electron chi connectivity index (χ2n) is 5.28. The molecule has 1 aliphatic carbocycles. The highest BCUT2D eigenvalue weighted by Gasteiger charge is 2.43. The zero-order valence-electron chi connectivity index (χ0n) is 11.1. The lowest BCUT2D eigenvalue weighted by Gasteiger charge is -2.13. The molecule has 1 aromatic rings. The molecule has 0 atom stereocenters. The Morgan fingerprint density at radius 1 is 1.42 bits per heavy atom. The van der Waals surface area contributed by atoms with Crippen LogP contribution in [-0.2, 0) is 6.42 Å². The lowest BCUT2D eigenvalue weighted by atomic mass is 10.1. The molecule has 19 heavy (non-hydrogen) atoms. The third-order valence-corrected chi connectivity index (χ3v) is 3.51. The zero-order chi connectivity index (χ0) is 13.7. The minimum absolute atomic E-state index is 0.105. The fourth-order valence-corrected chi connectivity index (χ4v) is 1.99. The number of nitrogens with zero attached hydrogens (tertiary/aromatic N) is 2. The van der Waals surface area contributed by atoms with E-state index in [0.29, 0.717) is 25.2 Å². The molecular formula is C15H18N2O2. The van der Waals surface area contributed by atoms with Crippen LogP contribution in [0.5, 0.6) is 5.75 Å². The average Bonchev–Trinajstić information content (AvgIpc) is 3.18. The third kappa shape index (κ3) is 3.72. The minimum Gasteiger partial charge on any atom is -0.493 e. The number of hydrogen-bond donors (Lipinski definition) is 1. The predicted molar refractivity (Wildman–Crippen MR) is 72.4 cm³/mol. The first-order valence-corrected chi connectivity index (χ1v) is 6.44. The summed E-state index contributed by atoms with van der Waals surface area (Å²) in [6.07, 6.45) is 3.39. The highest BCUT2D eigenvalue weighted by molar-refractivity contribution is 5.83. The van der Waals surface area contributed by atoms with Crippen molar-refractivity contribution in [1.29, 1.82) is 5.26 Å². The lowest BCUT2D eigenvalue weighted by Crippen LogP contribution is -2.12. The van der Waals surface area contributed by atoms with Crippen LogP contribution < -0.4 is 4.74 Å². The van der Waals surface area contributed by atoms with E-state index in [1.807, 2.05) is 24.3 Å². The van der Waals surface area contributed by atoms with E-state index < -0.39 is 0 Å². The van der Waals surface area contributed by atoms with Gasteiger partial charge in [-0.2, -0.15) is 5.26 Å². The van der Waals surface area contributed by atoms with E-state index in [0.717, 1.165) is 24.2 Å². The van der Waals surface area contributed by atoms with Crippen molar-refractivity contribution in [2.75, 3.05) is 6.61 Å². The summed E-state index contributed by atoms with van der Waals surface area (Å²) in [7, 11) is 0. The molecule has 0 saturated heterocycles. The number of oxime groups is 1. The van der Waals surface area contributed by atoms with Crippen LogP contribution >= 0.6 is 0 Å². The van der Waals surface area contributed by atoms with Gasteiger partial charge in [0.15, 0.2) is 0 Å². The molecule has 0 aliphatic heterocycles. The van der Waals surface area contributed by atoms with Gasteiger partial charge in [0, 0.05) is 18.3 Å². The minimum atomic E-state index is 0.105. The Bertz CT molecular complexity index is 496. The first-order valence-electron chi connectivity index (χ1n) is 6.44. The molecule has 1 aliphatic rings. The fraction of sp³-hybridized carbons (Fsp3) is 0.467. The number of nitriles is 1. The van der Waals surface area contributed by atoms with Crippen LogP contribution in [0.4, 0.5) is 0 Å². The molecule has 1 N–H and O–H groups in total. The van der Waals surface area contributed by atoms with Crippen LogP contribution in [0.1, 0.15) is 31.7 Å². The summed E-state index contributed by atoms with van der Waals surface area (Å²) >= 11 is 0. The van der Waals surface area contributed by atoms with Crippen LogP contribution in [0, 0.1) is 16.7 Å². The quantitative estimate of drug-likeness (QED) is 0.484. The molecule has 1 aromatic carbocycles. The molecule has 0 radical (unpaired) electrons. The largest absolute Gasteiger partial charge is 0.493 e. The molecule has 100 valence electrons. The van der Waals surface area contributed by atoms with Crippen LogP contribution in [0.3, 0.4) is 0 Å². The summed E-state index contributed by atoms with van der Waals surface area (Å²) in [5.74, 6) is 0.826. The predicted octanol–water partition coefficient (Wildman–Crippen LogP) is 3.15. The SMILES string of the molecule is C/C(Cc1ccc(OCC2(CC#N)CC2)cc1)=N/O. The average molecular weight is 258 g/mol. The van der Waals surface area contributed by atoms with E-state index in [2.05, 4.69) is 11.2 Å².